The molecule has 3 rings (SSSR count). The molecule has 0 radical (unpaired) electrons. The first-order chi connectivity index (χ1) is 12.2. The van der Waals surface area contributed by atoms with Crippen LogP contribution in [0.15, 0.2) is 60.0 Å². The Morgan fingerprint density at radius 3 is 2.50 bits per heavy atom. The van der Waals surface area contributed by atoms with Gasteiger partial charge >= 0.3 is 6.18 Å². The van der Waals surface area contributed by atoms with E-state index in [-0.39, 0.29) is 16.2 Å². The Bertz CT molecular complexity index is 1040. The summed E-state index contributed by atoms with van der Waals surface area (Å²) in [6, 6.07) is 7.30. The van der Waals surface area contributed by atoms with Crippen molar-refractivity contribution in [1.82, 2.24) is 14.8 Å². The number of para-hydroxylation sites is 1. The van der Waals surface area contributed by atoms with Gasteiger partial charge in [0.05, 0.1) is 28.1 Å². The first kappa shape index (κ1) is 18.1. The van der Waals surface area contributed by atoms with Gasteiger partial charge in [0.1, 0.15) is 0 Å². The molecule has 2 aromatic heterocycles. The van der Waals surface area contributed by atoms with Gasteiger partial charge in [0.2, 0.25) is 0 Å². The lowest BCUT2D eigenvalue weighted by Gasteiger charge is -2.09. The smallest absolute Gasteiger partial charge is 0.263 e. The summed E-state index contributed by atoms with van der Waals surface area (Å²) >= 11 is 0. The Hall–Kier alpha value is -2.68. The standard InChI is InChI=1S/C17H14F3N3O2S/c1-2-26(24,25)16-6-4-3-5-15(16)23-11-13(9-22-23)12-7-14(10-21-8-12)17(18,19)20/h3-11H,2H2,1H3. The van der Waals surface area contributed by atoms with Crippen LogP contribution in [-0.4, -0.2) is 28.9 Å². The molecule has 1 aromatic carbocycles. The molecule has 0 aliphatic rings. The van der Waals surface area contributed by atoms with Gasteiger partial charge in [-0.1, -0.05) is 19.1 Å². The SMILES string of the molecule is CCS(=O)(=O)c1ccccc1-n1cc(-c2cncc(C(F)(F)F)c2)cn1. The van der Waals surface area contributed by atoms with Gasteiger partial charge in [0.25, 0.3) is 0 Å². The summed E-state index contributed by atoms with van der Waals surface area (Å²) < 4.78 is 64.4. The van der Waals surface area contributed by atoms with Gasteiger partial charge in [0.15, 0.2) is 9.84 Å². The van der Waals surface area contributed by atoms with Crippen molar-refractivity contribution in [3.05, 3.63) is 60.7 Å². The predicted octanol–water partition coefficient (Wildman–Crippen LogP) is 3.75. The molecule has 0 amide bonds. The van der Waals surface area contributed by atoms with Crippen LogP contribution < -0.4 is 0 Å². The molecule has 0 bridgehead atoms. The van der Waals surface area contributed by atoms with Gasteiger partial charge < -0.3 is 0 Å². The van der Waals surface area contributed by atoms with E-state index >= 15 is 0 Å². The van der Waals surface area contributed by atoms with Gasteiger partial charge in [0, 0.05) is 29.7 Å². The Balaban J connectivity index is 2.06. The van der Waals surface area contributed by atoms with Crippen LogP contribution in [0, 0.1) is 0 Å². The predicted molar refractivity (Wildman–Crippen MR) is 89.5 cm³/mol. The zero-order chi connectivity index (χ0) is 18.9. The van der Waals surface area contributed by atoms with Gasteiger partial charge in [-0.25, -0.2) is 13.1 Å². The molecule has 0 aliphatic carbocycles. The van der Waals surface area contributed by atoms with Crippen LogP contribution in [0.1, 0.15) is 12.5 Å². The Labute approximate surface area is 148 Å². The third-order valence-electron chi connectivity index (χ3n) is 3.81. The van der Waals surface area contributed by atoms with Gasteiger partial charge in [-0.3, -0.25) is 4.98 Å². The molecule has 5 nitrogen and oxygen atoms in total. The molecular formula is C17H14F3N3O2S. The second kappa shape index (κ2) is 6.56. The molecule has 136 valence electrons. The first-order valence-corrected chi connectivity index (χ1v) is 9.27. The van der Waals surface area contributed by atoms with Gasteiger partial charge in [-0.2, -0.15) is 18.3 Å². The van der Waals surface area contributed by atoms with Crippen LogP contribution in [0.5, 0.6) is 0 Å². The highest BCUT2D eigenvalue weighted by Gasteiger charge is 2.31. The van der Waals surface area contributed by atoms with Crippen molar-refractivity contribution >= 4 is 9.84 Å². The van der Waals surface area contributed by atoms with Crippen molar-refractivity contribution in [3.8, 4) is 16.8 Å². The highest BCUT2D eigenvalue weighted by molar-refractivity contribution is 7.91. The number of nitrogens with zero attached hydrogens (tertiary/aromatic N) is 3. The molecule has 3 aromatic rings. The van der Waals surface area contributed by atoms with E-state index in [1.807, 2.05) is 0 Å². The van der Waals surface area contributed by atoms with E-state index in [0.717, 1.165) is 12.3 Å². The van der Waals surface area contributed by atoms with E-state index in [2.05, 4.69) is 10.1 Å². The number of benzene rings is 1. The number of rotatable bonds is 4. The number of pyridine rings is 1. The maximum Gasteiger partial charge on any atom is 0.417 e. The topological polar surface area (TPSA) is 64.8 Å². The average molecular weight is 381 g/mol. The van der Waals surface area contributed by atoms with Crippen LogP contribution in [0.25, 0.3) is 16.8 Å². The lowest BCUT2D eigenvalue weighted by atomic mass is 10.1. The Kier molecular flexibility index (Phi) is 4.57. The number of sulfone groups is 1. The molecule has 0 unspecified atom stereocenters. The highest BCUT2D eigenvalue weighted by atomic mass is 32.2. The molecule has 26 heavy (non-hydrogen) atoms. The minimum atomic E-state index is -4.50. The van der Waals surface area contributed by atoms with Gasteiger partial charge in [-0.15, -0.1) is 0 Å². The normalized spacial score (nSPS) is 12.3. The summed E-state index contributed by atoms with van der Waals surface area (Å²) in [5.41, 5.74) is 0.103. The summed E-state index contributed by atoms with van der Waals surface area (Å²) in [7, 11) is -3.48. The summed E-state index contributed by atoms with van der Waals surface area (Å²) in [5, 5.41) is 4.11. The Morgan fingerprint density at radius 2 is 1.81 bits per heavy atom. The van der Waals surface area contributed by atoms with Gasteiger partial charge in [-0.05, 0) is 18.2 Å². The quantitative estimate of drug-likeness (QED) is 0.691. The molecule has 0 atom stereocenters. The first-order valence-electron chi connectivity index (χ1n) is 7.62. The third-order valence-corrected chi connectivity index (χ3v) is 5.58. The number of hydrogen-bond acceptors (Lipinski definition) is 4. The summed E-state index contributed by atoms with van der Waals surface area (Å²) in [5.74, 6) is -0.0737. The molecule has 0 saturated heterocycles. The fraction of sp³-hybridized carbons (Fsp3) is 0.176. The number of alkyl halides is 3. The van der Waals surface area contributed by atoms with Crippen molar-refractivity contribution in [3.63, 3.8) is 0 Å². The van der Waals surface area contributed by atoms with E-state index in [0.29, 0.717) is 11.3 Å². The van der Waals surface area contributed by atoms with E-state index in [1.165, 1.54) is 36.3 Å². The van der Waals surface area contributed by atoms with Crippen molar-refractivity contribution in [2.45, 2.75) is 18.0 Å². The van der Waals surface area contributed by atoms with E-state index in [9.17, 15) is 21.6 Å². The molecule has 0 aliphatic heterocycles. The Morgan fingerprint density at radius 1 is 1.08 bits per heavy atom. The maximum absolute atomic E-state index is 12.8. The van der Waals surface area contributed by atoms with E-state index in [1.54, 1.807) is 18.2 Å². The van der Waals surface area contributed by atoms with Crippen molar-refractivity contribution in [1.29, 1.82) is 0 Å². The fourth-order valence-corrected chi connectivity index (χ4v) is 3.50. The second-order valence-electron chi connectivity index (χ2n) is 5.50. The molecule has 0 spiro atoms. The minimum Gasteiger partial charge on any atom is -0.263 e. The molecule has 2 heterocycles. The second-order valence-corrected chi connectivity index (χ2v) is 7.75. The summed E-state index contributed by atoms with van der Waals surface area (Å²) in [6.07, 6.45) is 0.386. The van der Waals surface area contributed by atoms with Crippen molar-refractivity contribution < 1.29 is 21.6 Å². The largest absolute Gasteiger partial charge is 0.417 e. The molecular weight excluding hydrogens is 367 g/mol. The third kappa shape index (κ3) is 3.48. The van der Waals surface area contributed by atoms with Crippen molar-refractivity contribution in [2.75, 3.05) is 5.75 Å². The number of hydrogen-bond donors (Lipinski definition) is 0. The zero-order valence-electron chi connectivity index (χ0n) is 13.6. The highest BCUT2D eigenvalue weighted by Crippen LogP contribution is 2.31. The van der Waals surface area contributed by atoms with Crippen LogP contribution in [0.3, 0.4) is 0 Å². The van der Waals surface area contributed by atoms with Crippen LogP contribution in [0.2, 0.25) is 0 Å². The minimum absolute atomic E-state index is 0.0737. The lowest BCUT2D eigenvalue weighted by Crippen LogP contribution is -2.09. The monoisotopic (exact) mass is 381 g/mol. The van der Waals surface area contributed by atoms with E-state index < -0.39 is 21.6 Å². The number of halogens is 3. The lowest BCUT2D eigenvalue weighted by molar-refractivity contribution is -0.137. The van der Waals surface area contributed by atoms with Crippen LogP contribution >= 0.6 is 0 Å². The summed E-state index contributed by atoms with van der Waals surface area (Å²) in [6.45, 7) is 1.54. The maximum atomic E-state index is 12.8. The molecule has 0 N–H and O–H groups in total. The van der Waals surface area contributed by atoms with Crippen molar-refractivity contribution in [2.24, 2.45) is 0 Å². The van der Waals surface area contributed by atoms with Crippen LogP contribution in [-0.2, 0) is 16.0 Å². The van der Waals surface area contributed by atoms with Crippen LogP contribution in [0.4, 0.5) is 13.2 Å². The molecule has 0 fully saturated rings. The average Bonchev–Trinajstić information content (AvgIpc) is 3.11. The molecule has 0 saturated carbocycles. The zero-order valence-corrected chi connectivity index (χ0v) is 14.4. The molecule has 9 heteroatoms. The number of aromatic nitrogens is 3. The summed E-state index contributed by atoms with van der Waals surface area (Å²) in [4.78, 5) is 3.74. The van der Waals surface area contributed by atoms with E-state index in [4.69, 9.17) is 0 Å². The fourth-order valence-electron chi connectivity index (χ4n) is 2.42.